The van der Waals surface area contributed by atoms with Crippen molar-refractivity contribution in [2.24, 2.45) is 0 Å². The number of benzene rings is 2. The Morgan fingerprint density at radius 2 is 1.84 bits per heavy atom. The fourth-order valence-corrected chi connectivity index (χ4v) is 4.86. The number of aromatic nitrogens is 1. The van der Waals surface area contributed by atoms with Gasteiger partial charge in [0.1, 0.15) is 5.58 Å². The van der Waals surface area contributed by atoms with Crippen molar-refractivity contribution in [3.8, 4) is 11.3 Å². The molecule has 6 nitrogen and oxygen atoms in total. The zero-order chi connectivity index (χ0) is 21.2. The van der Waals surface area contributed by atoms with Gasteiger partial charge in [-0.05, 0) is 13.0 Å². The van der Waals surface area contributed by atoms with Gasteiger partial charge in [-0.3, -0.25) is 15.0 Å². The Morgan fingerprint density at radius 3 is 2.61 bits per heavy atom. The van der Waals surface area contributed by atoms with E-state index < -0.39 is 0 Å². The van der Waals surface area contributed by atoms with Crippen LogP contribution in [0.25, 0.3) is 22.2 Å². The number of para-hydroxylation sites is 1. The van der Waals surface area contributed by atoms with E-state index in [1.165, 1.54) is 11.3 Å². The fourth-order valence-electron chi connectivity index (χ4n) is 3.84. The molecule has 1 aliphatic heterocycles. The summed E-state index contributed by atoms with van der Waals surface area (Å²) in [4.78, 5) is 21.3. The summed E-state index contributed by atoms with van der Waals surface area (Å²) in [6.45, 7) is 5.97. The van der Waals surface area contributed by atoms with Crippen LogP contribution in [0.4, 0.5) is 5.13 Å². The number of carbonyl (C=O) groups is 1. The van der Waals surface area contributed by atoms with E-state index in [2.05, 4.69) is 10.2 Å². The normalized spacial score (nSPS) is 14.7. The minimum absolute atomic E-state index is 0.278. The molecule has 1 amide bonds. The molecule has 1 saturated heterocycles. The van der Waals surface area contributed by atoms with Gasteiger partial charge in [0, 0.05) is 41.0 Å². The number of furan rings is 1. The molecule has 0 aliphatic carbocycles. The van der Waals surface area contributed by atoms with Crippen LogP contribution in [0.2, 0.25) is 0 Å². The van der Waals surface area contributed by atoms with Crippen molar-refractivity contribution in [3.05, 3.63) is 70.8 Å². The lowest BCUT2D eigenvalue weighted by Crippen LogP contribution is -2.35. The topological polar surface area (TPSA) is 67.6 Å². The molecule has 1 aliphatic rings. The maximum Gasteiger partial charge on any atom is 0.293 e. The lowest BCUT2D eigenvalue weighted by molar-refractivity contribution is 0.0347. The molecule has 7 heteroatoms. The number of morpholine rings is 1. The second kappa shape index (κ2) is 8.63. The number of nitrogens with one attached hydrogen (secondary N) is 1. The Morgan fingerprint density at radius 1 is 1.10 bits per heavy atom. The van der Waals surface area contributed by atoms with Crippen LogP contribution in [0.3, 0.4) is 0 Å². The Balaban J connectivity index is 1.44. The van der Waals surface area contributed by atoms with Gasteiger partial charge in [0.25, 0.3) is 5.91 Å². The van der Waals surface area contributed by atoms with Crippen molar-refractivity contribution in [2.75, 3.05) is 31.6 Å². The monoisotopic (exact) mass is 433 g/mol. The van der Waals surface area contributed by atoms with Crippen LogP contribution in [-0.2, 0) is 11.3 Å². The molecule has 5 rings (SSSR count). The first-order valence-electron chi connectivity index (χ1n) is 10.3. The Labute approximate surface area is 184 Å². The largest absolute Gasteiger partial charge is 0.451 e. The van der Waals surface area contributed by atoms with Crippen molar-refractivity contribution >= 4 is 33.3 Å². The van der Waals surface area contributed by atoms with Gasteiger partial charge < -0.3 is 9.15 Å². The molecule has 3 heterocycles. The summed E-state index contributed by atoms with van der Waals surface area (Å²) < 4.78 is 11.3. The summed E-state index contributed by atoms with van der Waals surface area (Å²) in [5, 5.41) is 4.48. The van der Waals surface area contributed by atoms with Crippen LogP contribution in [0.1, 0.15) is 21.0 Å². The van der Waals surface area contributed by atoms with Crippen LogP contribution < -0.4 is 5.32 Å². The molecule has 1 N–H and O–H groups in total. The molecule has 4 aromatic rings. The summed E-state index contributed by atoms with van der Waals surface area (Å²) in [5.41, 5.74) is 3.50. The van der Waals surface area contributed by atoms with Gasteiger partial charge in [-0.1, -0.05) is 59.9 Å². The standard InChI is InChI=1S/C24H23N3O3S/c1-16-18-9-5-6-10-19(18)30-22(16)23(28)26-24-25-21(17-7-3-2-4-8-17)20(31-24)15-27-11-13-29-14-12-27/h2-10H,11-15H2,1H3,(H,25,26,28). The average molecular weight is 434 g/mol. The summed E-state index contributed by atoms with van der Waals surface area (Å²) in [6.07, 6.45) is 0. The zero-order valence-electron chi connectivity index (χ0n) is 17.3. The first kappa shape index (κ1) is 19.9. The Kier molecular flexibility index (Phi) is 5.55. The van der Waals surface area contributed by atoms with Gasteiger partial charge in [0.2, 0.25) is 0 Å². The van der Waals surface area contributed by atoms with E-state index in [9.17, 15) is 4.79 Å². The minimum atomic E-state index is -0.278. The number of rotatable bonds is 5. The van der Waals surface area contributed by atoms with Crippen LogP contribution in [-0.4, -0.2) is 42.1 Å². The van der Waals surface area contributed by atoms with Gasteiger partial charge in [-0.25, -0.2) is 4.98 Å². The number of hydrogen-bond acceptors (Lipinski definition) is 6. The maximum atomic E-state index is 13.0. The minimum Gasteiger partial charge on any atom is -0.451 e. The molecular weight excluding hydrogens is 410 g/mol. The van der Waals surface area contributed by atoms with E-state index in [1.54, 1.807) is 0 Å². The number of hydrogen-bond donors (Lipinski definition) is 1. The quantitative estimate of drug-likeness (QED) is 0.482. The molecule has 0 radical (unpaired) electrons. The molecule has 0 saturated carbocycles. The number of ether oxygens (including phenoxy) is 1. The van der Waals surface area contributed by atoms with Gasteiger partial charge in [-0.2, -0.15) is 0 Å². The number of aryl methyl sites for hydroxylation is 1. The van der Waals surface area contributed by atoms with Crippen molar-refractivity contribution in [1.82, 2.24) is 9.88 Å². The second-order valence-electron chi connectivity index (χ2n) is 7.55. The van der Waals surface area contributed by atoms with Gasteiger partial charge in [-0.15, -0.1) is 0 Å². The molecule has 0 bridgehead atoms. The van der Waals surface area contributed by atoms with E-state index in [1.807, 2.05) is 61.5 Å². The maximum absolute atomic E-state index is 13.0. The highest BCUT2D eigenvalue weighted by atomic mass is 32.1. The molecule has 31 heavy (non-hydrogen) atoms. The van der Waals surface area contributed by atoms with Crippen LogP contribution in [0.5, 0.6) is 0 Å². The van der Waals surface area contributed by atoms with Crippen LogP contribution in [0, 0.1) is 6.92 Å². The third-order valence-corrected chi connectivity index (χ3v) is 6.44. The zero-order valence-corrected chi connectivity index (χ0v) is 18.1. The first-order chi connectivity index (χ1) is 15.2. The van der Waals surface area contributed by atoms with E-state index in [4.69, 9.17) is 14.1 Å². The molecule has 1 fully saturated rings. The van der Waals surface area contributed by atoms with Crippen molar-refractivity contribution in [1.29, 1.82) is 0 Å². The highest BCUT2D eigenvalue weighted by molar-refractivity contribution is 7.16. The predicted octanol–water partition coefficient (Wildman–Crippen LogP) is 4.95. The Bertz CT molecular complexity index is 1210. The fraction of sp³-hybridized carbons (Fsp3) is 0.250. The summed E-state index contributed by atoms with van der Waals surface area (Å²) in [7, 11) is 0. The van der Waals surface area contributed by atoms with Gasteiger partial charge >= 0.3 is 0 Å². The van der Waals surface area contributed by atoms with Gasteiger partial charge in [0.05, 0.1) is 18.9 Å². The lowest BCUT2D eigenvalue weighted by Gasteiger charge is -2.26. The van der Waals surface area contributed by atoms with Crippen LogP contribution in [0.15, 0.2) is 59.0 Å². The second-order valence-corrected chi connectivity index (χ2v) is 8.64. The molecule has 2 aromatic carbocycles. The SMILES string of the molecule is Cc1c(C(=O)Nc2nc(-c3ccccc3)c(CN3CCOCC3)s2)oc2ccccc12. The highest BCUT2D eigenvalue weighted by Crippen LogP contribution is 2.33. The molecular formula is C24H23N3O3S. The summed E-state index contributed by atoms with van der Waals surface area (Å²) >= 11 is 1.52. The van der Waals surface area contributed by atoms with E-state index >= 15 is 0 Å². The number of thiazole rings is 1. The molecule has 0 spiro atoms. The highest BCUT2D eigenvalue weighted by Gasteiger charge is 2.22. The third-order valence-electron chi connectivity index (χ3n) is 5.49. The number of carbonyl (C=O) groups excluding carboxylic acids is 1. The Hall–Kier alpha value is -3.00. The number of anilines is 1. The van der Waals surface area contributed by atoms with E-state index in [-0.39, 0.29) is 5.91 Å². The average Bonchev–Trinajstić information content (AvgIpc) is 3.36. The summed E-state index contributed by atoms with van der Waals surface area (Å²) in [5.74, 6) is 0.0485. The molecule has 158 valence electrons. The molecule has 2 aromatic heterocycles. The molecule has 0 atom stereocenters. The third kappa shape index (κ3) is 4.12. The van der Waals surface area contributed by atoms with E-state index in [0.29, 0.717) is 16.5 Å². The number of fused-ring (bicyclic) bond motifs is 1. The van der Waals surface area contributed by atoms with Gasteiger partial charge in [0.15, 0.2) is 10.9 Å². The predicted molar refractivity (Wildman–Crippen MR) is 123 cm³/mol. The van der Waals surface area contributed by atoms with Crippen molar-refractivity contribution < 1.29 is 13.9 Å². The van der Waals surface area contributed by atoms with Crippen LogP contribution >= 0.6 is 11.3 Å². The first-order valence-corrected chi connectivity index (χ1v) is 11.2. The number of nitrogens with zero attached hydrogens (tertiary/aromatic N) is 2. The van der Waals surface area contributed by atoms with Crippen molar-refractivity contribution in [2.45, 2.75) is 13.5 Å². The number of amides is 1. The lowest BCUT2D eigenvalue weighted by atomic mass is 10.1. The van der Waals surface area contributed by atoms with Crippen molar-refractivity contribution in [3.63, 3.8) is 0 Å². The molecule has 0 unspecified atom stereocenters. The van der Waals surface area contributed by atoms with E-state index in [0.717, 1.165) is 59.9 Å². The smallest absolute Gasteiger partial charge is 0.293 e. The summed E-state index contributed by atoms with van der Waals surface area (Å²) in [6, 6.07) is 17.8.